The number of ether oxygens (including phenoxy) is 2. The quantitative estimate of drug-likeness (QED) is 0.625. The Hall–Kier alpha value is -2.35. The fourth-order valence-corrected chi connectivity index (χ4v) is 3.85. The van der Waals surface area contributed by atoms with Crippen molar-refractivity contribution in [3.05, 3.63) is 6.33 Å². The van der Waals surface area contributed by atoms with Gasteiger partial charge in [-0.2, -0.15) is 36.3 Å². The van der Waals surface area contributed by atoms with Crippen molar-refractivity contribution in [3.63, 3.8) is 0 Å². The normalized spacial score (nSPS) is 19.2. The summed E-state index contributed by atoms with van der Waals surface area (Å²) in [4.78, 5) is 14.7. The highest BCUT2D eigenvalue weighted by atomic mass is 19.4. The van der Waals surface area contributed by atoms with Gasteiger partial charge in [0.25, 0.3) is 0 Å². The zero-order valence-corrected chi connectivity index (χ0v) is 16.9. The van der Waals surface area contributed by atoms with Crippen LogP contribution >= 0.6 is 0 Å². The first-order valence-corrected chi connectivity index (χ1v) is 10.1. The second-order valence-corrected chi connectivity index (χ2v) is 8.11. The van der Waals surface area contributed by atoms with E-state index in [2.05, 4.69) is 15.0 Å². The standard InChI is InChI=1S/C18H22F6N6O2/c19-17(20,21)7-11(8-18(22,23)24)32-16(1-2-16)9-30-10-26-12-13(27-15(25)28-14(12)30)29-3-5-31-6-4-29/h10-11H,1-9H2,(H2,25,27,28). The molecule has 0 amide bonds. The zero-order chi connectivity index (χ0) is 23.1. The van der Waals surface area contributed by atoms with Crippen LogP contribution in [0.3, 0.4) is 0 Å². The third-order valence-corrected chi connectivity index (χ3v) is 5.37. The molecule has 14 heteroatoms. The summed E-state index contributed by atoms with van der Waals surface area (Å²) in [7, 11) is 0. The van der Waals surface area contributed by atoms with Gasteiger partial charge < -0.3 is 24.7 Å². The molecule has 2 aromatic heterocycles. The molecule has 0 atom stereocenters. The van der Waals surface area contributed by atoms with Gasteiger partial charge >= 0.3 is 12.4 Å². The molecule has 2 fully saturated rings. The molecule has 3 heterocycles. The van der Waals surface area contributed by atoms with Crippen molar-refractivity contribution in [2.24, 2.45) is 0 Å². The van der Waals surface area contributed by atoms with E-state index in [0.29, 0.717) is 56.1 Å². The number of nitrogens with two attached hydrogens (primary N) is 1. The number of fused-ring (bicyclic) bond motifs is 1. The lowest BCUT2D eigenvalue weighted by Crippen LogP contribution is -2.37. The number of hydrogen-bond donors (Lipinski definition) is 1. The molecule has 2 aliphatic rings. The van der Waals surface area contributed by atoms with Crippen molar-refractivity contribution in [3.8, 4) is 0 Å². The summed E-state index contributed by atoms with van der Waals surface area (Å²) in [5.41, 5.74) is 5.50. The molecule has 4 rings (SSSR count). The van der Waals surface area contributed by atoms with E-state index >= 15 is 0 Å². The first-order valence-electron chi connectivity index (χ1n) is 10.1. The van der Waals surface area contributed by atoms with Gasteiger partial charge in [0.1, 0.15) is 0 Å². The number of rotatable bonds is 7. The molecular weight excluding hydrogens is 446 g/mol. The van der Waals surface area contributed by atoms with Crippen LogP contribution in [0.2, 0.25) is 0 Å². The van der Waals surface area contributed by atoms with E-state index in [1.165, 1.54) is 6.33 Å². The fraction of sp³-hybridized carbons (Fsp3) is 0.722. The van der Waals surface area contributed by atoms with E-state index in [9.17, 15) is 26.3 Å². The molecule has 2 aromatic rings. The summed E-state index contributed by atoms with van der Waals surface area (Å²) < 4.78 is 89.2. The summed E-state index contributed by atoms with van der Waals surface area (Å²) in [6.07, 6.45) is -12.8. The minimum atomic E-state index is -4.78. The molecule has 8 nitrogen and oxygen atoms in total. The predicted octanol–water partition coefficient (Wildman–Crippen LogP) is 3.07. The van der Waals surface area contributed by atoms with Crippen molar-refractivity contribution < 1.29 is 35.8 Å². The van der Waals surface area contributed by atoms with Crippen LogP contribution in [0.4, 0.5) is 38.1 Å². The first-order chi connectivity index (χ1) is 14.9. The van der Waals surface area contributed by atoms with Crippen LogP contribution in [-0.4, -0.2) is 69.9 Å². The molecule has 0 bridgehead atoms. The van der Waals surface area contributed by atoms with Crippen LogP contribution in [-0.2, 0) is 16.0 Å². The molecule has 1 saturated heterocycles. The number of imidazole rings is 1. The third kappa shape index (κ3) is 5.52. The summed E-state index contributed by atoms with van der Waals surface area (Å²) in [6.45, 7) is 2.16. The van der Waals surface area contributed by atoms with Crippen LogP contribution in [0, 0.1) is 0 Å². The van der Waals surface area contributed by atoms with Gasteiger partial charge in [-0.3, -0.25) is 0 Å². The van der Waals surface area contributed by atoms with E-state index < -0.39 is 36.9 Å². The Morgan fingerprint density at radius 2 is 1.69 bits per heavy atom. The number of aromatic nitrogens is 4. The number of morpholine rings is 1. The Kier molecular flexibility index (Phi) is 5.86. The van der Waals surface area contributed by atoms with Gasteiger partial charge in [0.15, 0.2) is 17.0 Å². The average Bonchev–Trinajstić information content (AvgIpc) is 3.30. The molecule has 178 valence electrons. The molecule has 0 spiro atoms. The SMILES string of the molecule is Nc1nc(N2CCOCC2)c2ncn(CC3(OC(CC(F)(F)F)CC(F)(F)F)CC3)c2n1. The maximum absolute atomic E-state index is 12.8. The van der Waals surface area contributed by atoms with E-state index in [0.717, 1.165) is 0 Å². The molecule has 0 unspecified atom stereocenters. The largest absolute Gasteiger partial charge is 0.391 e. The van der Waals surface area contributed by atoms with Gasteiger partial charge in [-0.1, -0.05) is 0 Å². The number of alkyl halides is 6. The molecule has 0 aromatic carbocycles. The van der Waals surface area contributed by atoms with E-state index in [1.807, 2.05) is 4.90 Å². The summed E-state index contributed by atoms with van der Waals surface area (Å²) in [6, 6.07) is 0. The average molecular weight is 468 g/mol. The lowest BCUT2D eigenvalue weighted by atomic mass is 10.1. The number of hydrogen-bond acceptors (Lipinski definition) is 7. The van der Waals surface area contributed by atoms with E-state index in [4.69, 9.17) is 15.2 Å². The van der Waals surface area contributed by atoms with E-state index in [1.54, 1.807) is 4.57 Å². The molecular formula is C18H22F6N6O2. The third-order valence-electron chi connectivity index (χ3n) is 5.37. The Bertz CT molecular complexity index is 936. The van der Waals surface area contributed by atoms with Crippen molar-refractivity contribution in [2.45, 2.75) is 56.3 Å². The van der Waals surface area contributed by atoms with Gasteiger partial charge in [-0.25, -0.2) is 4.98 Å². The second-order valence-electron chi connectivity index (χ2n) is 8.11. The Morgan fingerprint density at radius 3 is 2.25 bits per heavy atom. The topological polar surface area (TPSA) is 91.3 Å². The van der Waals surface area contributed by atoms with Gasteiger partial charge in [0, 0.05) is 13.1 Å². The van der Waals surface area contributed by atoms with Crippen molar-refractivity contribution in [2.75, 3.05) is 36.9 Å². The highest BCUT2D eigenvalue weighted by Crippen LogP contribution is 2.45. The summed E-state index contributed by atoms with van der Waals surface area (Å²) in [5, 5.41) is 0. The summed E-state index contributed by atoms with van der Waals surface area (Å²) >= 11 is 0. The molecule has 2 N–H and O–H groups in total. The maximum Gasteiger partial charge on any atom is 0.391 e. The van der Waals surface area contributed by atoms with Crippen LogP contribution < -0.4 is 10.6 Å². The van der Waals surface area contributed by atoms with Crippen LogP contribution in [0.5, 0.6) is 0 Å². The highest BCUT2D eigenvalue weighted by Gasteiger charge is 2.50. The summed E-state index contributed by atoms with van der Waals surface area (Å²) in [5.74, 6) is 0.492. The van der Waals surface area contributed by atoms with Gasteiger partial charge in [-0.05, 0) is 12.8 Å². The van der Waals surface area contributed by atoms with Crippen LogP contribution in [0.1, 0.15) is 25.7 Å². The molecule has 1 aliphatic carbocycles. The number of nitrogens with zero attached hydrogens (tertiary/aromatic N) is 5. The monoisotopic (exact) mass is 468 g/mol. The van der Waals surface area contributed by atoms with Crippen LogP contribution in [0.25, 0.3) is 11.2 Å². The fourth-order valence-electron chi connectivity index (χ4n) is 3.85. The smallest absolute Gasteiger partial charge is 0.378 e. The Balaban J connectivity index is 1.56. The van der Waals surface area contributed by atoms with Gasteiger partial charge in [0.2, 0.25) is 5.95 Å². The lowest BCUT2D eigenvalue weighted by Gasteiger charge is -2.28. The van der Waals surface area contributed by atoms with Crippen molar-refractivity contribution in [1.29, 1.82) is 0 Å². The van der Waals surface area contributed by atoms with Crippen molar-refractivity contribution >= 4 is 22.9 Å². The minimum absolute atomic E-state index is 0.00865. The van der Waals surface area contributed by atoms with Gasteiger partial charge in [0.05, 0.1) is 50.6 Å². The van der Waals surface area contributed by atoms with Crippen LogP contribution in [0.15, 0.2) is 6.33 Å². The highest BCUT2D eigenvalue weighted by molar-refractivity contribution is 5.84. The first kappa shape index (κ1) is 22.8. The van der Waals surface area contributed by atoms with Crippen molar-refractivity contribution in [1.82, 2.24) is 19.5 Å². The molecule has 1 aliphatic heterocycles. The number of halogens is 6. The number of nitrogen functional groups attached to an aromatic ring is 1. The zero-order valence-electron chi connectivity index (χ0n) is 16.9. The lowest BCUT2D eigenvalue weighted by molar-refractivity contribution is -0.206. The predicted molar refractivity (Wildman–Crippen MR) is 101 cm³/mol. The Labute approximate surface area is 178 Å². The number of anilines is 2. The van der Waals surface area contributed by atoms with E-state index in [-0.39, 0.29) is 12.5 Å². The second kappa shape index (κ2) is 8.21. The molecule has 1 saturated carbocycles. The minimum Gasteiger partial charge on any atom is -0.378 e. The Morgan fingerprint density at radius 1 is 1.06 bits per heavy atom. The molecule has 32 heavy (non-hydrogen) atoms. The van der Waals surface area contributed by atoms with Gasteiger partial charge in [-0.15, -0.1) is 0 Å². The maximum atomic E-state index is 12.8. The molecule has 0 radical (unpaired) electrons.